The van der Waals surface area contributed by atoms with Crippen molar-refractivity contribution in [3.05, 3.63) is 22.4 Å². The third-order valence-electron chi connectivity index (χ3n) is 3.19. The summed E-state index contributed by atoms with van der Waals surface area (Å²) in [5.74, 6) is -0.540. The molecule has 1 heterocycles. The Balaban J connectivity index is 2.32. The van der Waals surface area contributed by atoms with E-state index < -0.39 is 5.97 Å². The number of aromatic nitrogens is 1. The summed E-state index contributed by atoms with van der Waals surface area (Å²) in [6.07, 6.45) is 5.42. The van der Waals surface area contributed by atoms with Crippen LogP contribution in [0.2, 0.25) is 0 Å². The standard InChI is InChI=1S/C14H21BrN2O3/c1-2-3-10(4-5-13(18)19)6-7-16-14(20)12-8-11(15)9-17-12/h8-10,17H,2-7H2,1H3,(H,16,20)(H,18,19). The van der Waals surface area contributed by atoms with E-state index in [-0.39, 0.29) is 12.3 Å². The molecule has 0 fully saturated rings. The van der Waals surface area contributed by atoms with Gasteiger partial charge in [0.05, 0.1) is 0 Å². The number of carbonyl (C=O) groups excluding carboxylic acids is 1. The van der Waals surface area contributed by atoms with Crippen LogP contribution in [0.15, 0.2) is 16.7 Å². The van der Waals surface area contributed by atoms with Gasteiger partial charge in [-0.3, -0.25) is 9.59 Å². The zero-order valence-corrected chi connectivity index (χ0v) is 13.2. The van der Waals surface area contributed by atoms with Gasteiger partial charge in [0, 0.05) is 23.6 Å². The van der Waals surface area contributed by atoms with Crippen molar-refractivity contribution in [3.8, 4) is 0 Å². The van der Waals surface area contributed by atoms with E-state index in [0.29, 0.717) is 24.6 Å². The van der Waals surface area contributed by atoms with Crippen molar-refractivity contribution in [2.45, 2.75) is 39.0 Å². The van der Waals surface area contributed by atoms with E-state index in [1.54, 1.807) is 12.3 Å². The van der Waals surface area contributed by atoms with Crippen LogP contribution < -0.4 is 5.32 Å². The molecule has 112 valence electrons. The van der Waals surface area contributed by atoms with Crippen LogP contribution in [-0.2, 0) is 4.79 Å². The second kappa shape index (κ2) is 8.79. The molecule has 0 saturated carbocycles. The number of halogens is 1. The van der Waals surface area contributed by atoms with Crippen LogP contribution in [0.25, 0.3) is 0 Å². The molecule has 6 heteroatoms. The number of amides is 1. The fraction of sp³-hybridized carbons (Fsp3) is 0.571. The molecule has 1 unspecified atom stereocenters. The fourth-order valence-corrected chi connectivity index (χ4v) is 2.50. The Kier molecular flexibility index (Phi) is 7.36. The maximum absolute atomic E-state index is 11.8. The van der Waals surface area contributed by atoms with E-state index in [9.17, 15) is 9.59 Å². The minimum Gasteiger partial charge on any atom is -0.481 e. The van der Waals surface area contributed by atoms with E-state index >= 15 is 0 Å². The summed E-state index contributed by atoms with van der Waals surface area (Å²) < 4.78 is 0.841. The molecule has 0 aliphatic rings. The second-order valence-electron chi connectivity index (χ2n) is 4.86. The molecule has 0 aromatic carbocycles. The number of carboxylic acid groups (broad SMARTS) is 1. The molecule has 1 rings (SSSR count). The fourth-order valence-electron chi connectivity index (χ4n) is 2.15. The molecule has 5 nitrogen and oxygen atoms in total. The molecule has 3 N–H and O–H groups in total. The van der Waals surface area contributed by atoms with Crippen LogP contribution in [0.3, 0.4) is 0 Å². The van der Waals surface area contributed by atoms with Crippen molar-refractivity contribution in [1.82, 2.24) is 10.3 Å². The number of aromatic amines is 1. The Morgan fingerprint density at radius 1 is 1.40 bits per heavy atom. The molecule has 0 spiro atoms. The molecular formula is C14H21BrN2O3. The quantitative estimate of drug-likeness (QED) is 0.643. The van der Waals surface area contributed by atoms with Gasteiger partial charge in [-0.1, -0.05) is 19.8 Å². The summed E-state index contributed by atoms with van der Waals surface area (Å²) in [5.41, 5.74) is 0.523. The highest BCUT2D eigenvalue weighted by Crippen LogP contribution is 2.17. The third kappa shape index (κ3) is 6.23. The number of H-pyrrole nitrogens is 1. The Hall–Kier alpha value is -1.30. The average molecular weight is 345 g/mol. The first kappa shape index (κ1) is 16.8. The maximum atomic E-state index is 11.8. The zero-order chi connectivity index (χ0) is 15.0. The molecule has 1 aromatic heterocycles. The highest BCUT2D eigenvalue weighted by molar-refractivity contribution is 9.10. The minimum absolute atomic E-state index is 0.135. The van der Waals surface area contributed by atoms with E-state index in [1.807, 2.05) is 0 Å². The lowest BCUT2D eigenvalue weighted by molar-refractivity contribution is -0.137. The van der Waals surface area contributed by atoms with Crippen LogP contribution in [-0.4, -0.2) is 28.5 Å². The number of aliphatic carboxylic acids is 1. The lowest BCUT2D eigenvalue weighted by Crippen LogP contribution is -2.26. The second-order valence-corrected chi connectivity index (χ2v) is 5.78. The largest absolute Gasteiger partial charge is 0.481 e. The SMILES string of the molecule is CCCC(CCNC(=O)c1cc(Br)c[nH]1)CCC(=O)O. The number of nitrogens with one attached hydrogen (secondary N) is 2. The average Bonchev–Trinajstić information content (AvgIpc) is 2.82. The normalized spacial score (nSPS) is 12.1. The lowest BCUT2D eigenvalue weighted by Gasteiger charge is -2.15. The molecule has 0 bridgehead atoms. The number of rotatable bonds is 9. The van der Waals surface area contributed by atoms with E-state index in [2.05, 4.69) is 33.2 Å². The van der Waals surface area contributed by atoms with Crippen molar-refractivity contribution < 1.29 is 14.7 Å². The van der Waals surface area contributed by atoms with Crippen molar-refractivity contribution in [3.63, 3.8) is 0 Å². The predicted octanol–water partition coefficient (Wildman–Crippen LogP) is 3.18. The van der Waals surface area contributed by atoms with Gasteiger partial charge in [0.15, 0.2) is 0 Å². The van der Waals surface area contributed by atoms with Crippen molar-refractivity contribution in [2.24, 2.45) is 5.92 Å². The highest BCUT2D eigenvalue weighted by atomic mass is 79.9. The van der Waals surface area contributed by atoms with Gasteiger partial charge in [-0.05, 0) is 40.8 Å². The number of hydrogen-bond donors (Lipinski definition) is 3. The summed E-state index contributed by atoms with van der Waals surface area (Å²) in [6, 6.07) is 1.73. The molecular weight excluding hydrogens is 324 g/mol. The monoisotopic (exact) mass is 344 g/mol. The lowest BCUT2D eigenvalue weighted by atomic mass is 9.94. The van der Waals surface area contributed by atoms with Crippen molar-refractivity contribution in [1.29, 1.82) is 0 Å². The molecule has 1 atom stereocenters. The number of carbonyl (C=O) groups is 2. The maximum Gasteiger partial charge on any atom is 0.303 e. The first-order valence-electron chi connectivity index (χ1n) is 6.86. The van der Waals surface area contributed by atoms with Crippen molar-refractivity contribution in [2.75, 3.05) is 6.54 Å². The minimum atomic E-state index is -0.758. The number of carboxylic acids is 1. The van der Waals surface area contributed by atoms with E-state index in [1.165, 1.54) is 0 Å². The summed E-state index contributed by atoms with van der Waals surface area (Å²) in [7, 11) is 0. The molecule has 1 amide bonds. The van der Waals surface area contributed by atoms with Crippen LogP contribution in [0.4, 0.5) is 0 Å². The van der Waals surface area contributed by atoms with Gasteiger partial charge in [-0.2, -0.15) is 0 Å². The van der Waals surface area contributed by atoms with Gasteiger partial charge in [0.1, 0.15) is 5.69 Å². The van der Waals surface area contributed by atoms with Crippen LogP contribution >= 0.6 is 15.9 Å². The Morgan fingerprint density at radius 3 is 2.70 bits per heavy atom. The van der Waals surface area contributed by atoms with Gasteiger partial charge in [0.2, 0.25) is 0 Å². The Bertz CT molecular complexity index is 445. The van der Waals surface area contributed by atoms with Crippen LogP contribution in [0, 0.1) is 5.92 Å². The van der Waals surface area contributed by atoms with Gasteiger partial charge in [-0.25, -0.2) is 0 Å². The Morgan fingerprint density at radius 2 is 2.15 bits per heavy atom. The molecule has 0 radical (unpaired) electrons. The molecule has 0 aliphatic carbocycles. The van der Waals surface area contributed by atoms with E-state index in [0.717, 1.165) is 23.7 Å². The highest BCUT2D eigenvalue weighted by Gasteiger charge is 2.12. The van der Waals surface area contributed by atoms with E-state index in [4.69, 9.17) is 5.11 Å². The summed E-state index contributed by atoms with van der Waals surface area (Å²) in [5, 5.41) is 11.6. The summed E-state index contributed by atoms with van der Waals surface area (Å²) in [4.78, 5) is 25.3. The Labute approximate surface area is 127 Å². The van der Waals surface area contributed by atoms with Gasteiger partial charge >= 0.3 is 5.97 Å². The van der Waals surface area contributed by atoms with Gasteiger partial charge in [0.25, 0.3) is 5.91 Å². The number of hydrogen-bond acceptors (Lipinski definition) is 2. The van der Waals surface area contributed by atoms with Crippen molar-refractivity contribution >= 4 is 27.8 Å². The summed E-state index contributed by atoms with van der Waals surface area (Å²) in [6.45, 7) is 2.66. The third-order valence-corrected chi connectivity index (χ3v) is 3.65. The van der Waals surface area contributed by atoms with Gasteiger partial charge in [-0.15, -0.1) is 0 Å². The first-order valence-corrected chi connectivity index (χ1v) is 7.66. The summed E-state index contributed by atoms with van der Waals surface area (Å²) >= 11 is 3.28. The van der Waals surface area contributed by atoms with Crippen LogP contribution in [0.1, 0.15) is 49.5 Å². The van der Waals surface area contributed by atoms with Gasteiger partial charge < -0.3 is 15.4 Å². The predicted molar refractivity (Wildman–Crippen MR) is 80.7 cm³/mol. The first-order chi connectivity index (χ1) is 9.52. The topological polar surface area (TPSA) is 82.2 Å². The molecule has 20 heavy (non-hydrogen) atoms. The molecule has 0 saturated heterocycles. The van der Waals surface area contributed by atoms with Crippen LogP contribution in [0.5, 0.6) is 0 Å². The zero-order valence-electron chi connectivity index (χ0n) is 11.6. The molecule has 1 aromatic rings. The smallest absolute Gasteiger partial charge is 0.303 e. The molecule has 0 aliphatic heterocycles.